The van der Waals surface area contributed by atoms with Gasteiger partial charge in [0, 0.05) is 5.56 Å². The second kappa shape index (κ2) is 5.88. The lowest BCUT2D eigenvalue weighted by molar-refractivity contribution is -0.103. The number of rotatable bonds is 3. The largest absolute Gasteiger partial charge is 0.376 e. The van der Waals surface area contributed by atoms with Crippen molar-refractivity contribution in [2.75, 3.05) is 19.8 Å². The normalized spacial score (nSPS) is 22.4. The molecule has 1 heterocycles. The van der Waals surface area contributed by atoms with Gasteiger partial charge >= 0.3 is 0 Å². The summed E-state index contributed by atoms with van der Waals surface area (Å²) < 4.78 is 25.2. The minimum absolute atomic E-state index is 0.280. The van der Waals surface area contributed by atoms with Gasteiger partial charge in [0.1, 0.15) is 11.9 Å². The third-order valence-corrected chi connectivity index (χ3v) is 3.32. The van der Waals surface area contributed by atoms with Gasteiger partial charge in [-0.05, 0) is 22.0 Å². The first kappa shape index (κ1) is 12.9. The molecule has 0 bridgehead atoms. The fourth-order valence-corrected chi connectivity index (χ4v) is 2.24. The topological polar surface area (TPSA) is 56.5 Å². The van der Waals surface area contributed by atoms with Gasteiger partial charge in [-0.3, -0.25) is 11.3 Å². The first-order chi connectivity index (χ1) is 8.24. The van der Waals surface area contributed by atoms with Gasteiger partial charge in [-0.1, -0.05) is 12.1 Å². The maximum Gasteiger partial charge on any atom is 0.142 e. The lowest BCUT2D eigenvalue weighted by atomic mass is 10.0. The maximum atomic E-state index is 14.0. The van der Waals surface area contributed by atoms with Gasteiger partial charge in [0.15, 0.2) is 0 Å². The van der Waals surface area contributed by atoms with Crippen LogP contribution in [0.2, 0.25) is 0 Å². The molecule has 1 aliphatic heterocycles. The third kappa shape index (κ3) is 2.83. The predicted octanol–water partition coefficient (Wildman–Crippen LogP) is 1.51. The zero-order valence-corrected chi connectivity index (χ0v) is 10.7. The SMILES string of the molecule is NNC(c1cccc(Br)c1F)C1COCCO1. The number of hydrogen-bond donors (Lipinski definition) is 2. The number of hydrogen-bond acceptors (Lipinski definition) is 4. The Morgan fingerprint density at radius 3 is 2.94 bits per heavy atom. The van der Waals surface area contributed by atoms with Gasteiger partial charge in [-0.2, -0.15) is 0 Å². The first-order valence-corrected chi connectivity index (χ1v) is 6.12. The van der Waals surface area contributed by atoms with Crippen molar-refractivity contribution >= 4 is 15.9 Å². The molecule has 0 aromatic heterocycles. The second-order valence-electron chi connectivity index (χ2n) is 3.77. The van der Waals surface area contributed by atoms with Crippen LogP contribution in [0, 0.1) is 5.82 Å². The average molecular weight is 305 g/mol. The Kier molecular flexibility index (Phi) is 4.47. The van der Waals surface area contributed by atoms with Crippen LogP contribution in [-0.2, 0) is 9.47 Å². The number of hydrazine groups is 1. The van der Waals surface area contributed by atoms with Crippen molar-refractivity contribution in [3.05, 3.63) is 34.1 Å². The second-order valence-corrected chi connectivity index (χ2v) is 4.63. The van der Waals surface area contributed by atoms with E-state index >= 15 is 0 Å². The van der Waals surface area contributed by atoms with E-state index in [1.165, 1.54) is 0 Å². The number of ether oxygens (including phenoxy) is 2. The summed E-state index contributed by atoms with van der Waals surface area (Å²) in [5.41, 5.74) is 3.06. The van der Waals surface area contributed by atoms with Gasteiger partial charge in [-0.15, -0.1) is 0 Å². The molecule has 0 spiro atoms. The number of benzene rings is 1. The average Bonchev–Trinajstić information content (AvgIpc) is 2.37. The minimum Gasteiger partial charge on any atom is -0.376 e. The zero-order chi connectivity index (χ0) is 12.3. The molecule has 2 atom stereocenters. The summed E-state index contributed by atoms with van der Waals surface area (Å²) in [5.74, 6) is 5.16. The van der Waals surface area contributed by atoms with Crippen molar-refractivity contribution in [3.8, 4) is 0 Å². The molecule has 2 unspecified atom stereocenters. The quantitative estimate of drug-likeness (QED) is 0.656. The van der Waals surface area contributed by atoms with E-state index in [1.54, 1.807) is 18.2 Å². The summed E-state index contributed by atoms with van der Waals surface area (Å²) in [4.78, 5) is 0. The summed E-state index contributed by atoms with van der Waals surface area (Å²) in [6.45, 7) is 1.47. The molecule has 0 amide bonds. The van der Waals surface area contributed by atoms with E-state index < -0.39 is 6.04 Å². The van der Waals surface area contributed by atoms with Gasteiger partial charge in [0.25, 0.3) is 0 Å². The lowest BCUT2D eigenvalue weighted by Crippen LogP contribution is -2.43. The molecule has 1 aliphatic rings. The van der Waals surface area contributed by atoms with Crippen molar-refractivity contribution < 1.29 is 13.9 Å². The summed E-state index contributed by atoms with van der Waals surface area (Å²) in [6, 6.07) is 4.66. The van der Waals surface area contributed by atoms with Crippen LogP contribution in [0.15, 0.2) is 22.7 Å². The maximum absolute atomic E-state index is 14.0. The van der Waals surface area contributed by atoms with E-state index in [1.807, 2.05) is 0 Å². The Morgan fingerprint density at radius 2 is 2.29 bits per heavy atom. The van der Waals surface area contributed by atoms with Gasteiger partial charge in [0.2, 0.25) is 0 Å². The highest BCUT2D eigenvalue weighted by molar-refractivity contribution is 9.10. The Morgan fingerprint density at radius 1 is 1.47 bits per heavy atom. The smallest absolute Gasteiger partial charge is 0.142 e. The molecule has 6 heteroatoms. The molecule has 0 aliphatic carbocycles. The Labute approximate surface area is 107 Å². The van der Waals surface area contributed by atoms with Crippen LogP contribution in [0.3, 0.4) is 0 Å². The number of nitrogens with two attached hydrogens (primary N) is 1. The molecule has 1 aromatic carbocycles. The van der Waals surface area contributed by atoms with Crippen molar-refractivity contribution in [3.63, 3.8) is 0 Å². The summed E-state index contributed by atoms with van der Waals surface area (Å²) >= 11 is 3.15. The van der Waals surface area contributed by atoms with Crippen molar-refractivity contribution in [2.24, 2.45) is 5.84 Å². The van der Waals surface area contributed by atoms with E-state index in [0.29, 0.717) is 29.9 Å². The summed E-state index contributed by atoms with van der Waals surface area (Å²) in [5, 5.41) is 0. The van der Waals surface area contributed by atoms with Gasteiger partial charge in [0.05, 0.1) is 30.3 Å². The zero-order valence-electron chi connectivity index (χ0n) is 9.16. The predicted molar refractivity (Wildman–Crippen MR) is 64.7 cm³/mol. The van der Waals surface area contributed by atoms with E-state index in [-0.39, 0.29) is 11.9 Å². The third-order valence-electron chi connectivity index (χ3n) is 2.71. The molecule has 17 heavy (non-hydrogen) atoms. The van der Waals surface area contributed by atoms with Crippen LogP contribution in [-0.4, -0.2) is 25.9 Å². The highest BCUT2D eigenvalue weighted by Crippen LogP contribution is 2.27. The lowest BCUT2D eigenvalue weighted by Gasteiger charge is -2.30. The Hall–Kier alpha value is -0.530. The molecule has 94 valence electrons. The Balaban J connectivity index is 2.24. The Bertz CT molecular complexity index is 386. The minimum atomic E-state index is -0.423. The van der Waals surface area contributed by atoms with E-state index in [2.05, 4.69) is 21.4 Å². The van der Waals surface area contributed by atoms with Crippen LogP contribution in [0.4, 0.5) is 4.39 Å². The van der Waals surface area contributed by atoms with Gasteiger partial charge < -0.3 is 9.47 Å². The van der Waals surface area contributed by atoms with Crippen molar-refractivity contribution in [1.82, 2.24) is 5.43 Å². The highest BCUT2D eigenvalue weighted by Gasteiger charge is 2.28. The monoisotopic (exact) mass is 304 g/mol. The van der Waals surface area contributed by atoms with Crippen molar-refractivity contribution in [2.45, 2.75) is 12.1 Å². The highest BCUT2D eigenvalue weighted by atomic mass is 79.9. The van der Waals surface area contributed by atoms with Crippen LogP contribution >= 0.6 is 15.9 Å². The molecule has 1 fully saturated rings. The molecule has 1 saturated heterocycles. The molecule has 2 rings (SSSR count). The van der Waals surface area contributed by atoms with Crippen molar-refractivity contribution in [1.29, 1.82) is 0 Å². The van der Waals surface area contributed by atoms with Gasteiger partial charge in [-0.25, -0.2) is 4.39 Å². The molecule has 0 saturated carbocycles. The van der Waals surface area contributed by atoms with Crippen LogP contribution < -0.4 is 11.3 Å². The first-order valence-electron chi connectivity index (χ1n) is 5.33. The molecule has 4 nitrogen and oxygen atoms in total. The van der Waals surface area contributed by atoms with Crippen LogP contribution in [0.1, 0.15) is 11.6 Å². The van der Waals surface area contributed by atoms with E-state index in [9.17, 15) is 4.39 Å². The standard InChI is InChI=1S/C11H14BrFN2O2/c12-8-3-1-2-7(10(8)13)11(15-14)9-6-16-4-5-17-9/h1-3,9,11,15H,4-6,14H2. The summed E-state index contributed by atoms with van der Waals surface area (Å²) in [6.07, 6.45) is -0.280. The fourth-order valence-electron chi connectivity index (χ4n) is 1.86. The fraction of sp³-hybridized carbons (Fsp3) is 0.455. The van der Waals surface area contributed by atoms with E-state index in [4.69, 9.17) is 15.3 Å². The van der Waals surface area contributed by atoms with E-state index in [0.717, 1.165) is 0 Å². The van der Waals surface area contributed by atoms with Crippen LogP contribution in [0.5, 0.6) is 0 Å². The summed E-state index contributed by atoms with van der Waals surface area (Å²) in [7, 11) is 0. The number of nitrogens with one attached hydrogen (secondary N) is 1. The van der Waals surface area contributed by atoms with Crippen LogP contribution in [0.25, 0.3) is 0 Å². The molecule has 3 N–H and O–H groups in total. The molecular formula is C11H14BrFN2O2. The molecular weight excluding hydrogens is 291 g/mol. The molecule has 1 aromatic rings. The molecule has 0 radical (unpaired) electrons. The number of halogens is 2.